The van der Waals surface area contributed by atoms with Crippen molar-refractivity contribution in [3.05, 3.63) is 0 Å². The molecule has 2 nitrogen and oxygen atoms in total. The Bertz CT molecular complexity index is 159. The van der Waals surface area contributed by atoms with Gasteiger partial charge in [0.05, 0.1) is 13.2 Å². The lowest BCUT2D eigenvalue weighted by Gasteiger charge is -2.53. The summed E-state index contributed by atoms with van der Waals surface area (Å²) in [5, 5.41) is 0. The molecule has 2 aliphatic rings. The summed E-state index contributed by atoms with van der Waals surface area (Å²) in [7, 11) is 0. The highest BCUT2D eigenvalue weighted by Crippen LogP contribution is 2.49. The fourth-order valence-corrected chi connectivity index (χ4v) is 2.61. The van der Waals surface area contributed by atoms with Crippen LogP contribution >= 0.6 is 0 Å². The Balaban J connectivity index is 1.89. The lowest BCUT2D eigenvalue weighted by Crippen LogP contribution is -2.55. The summed E-state index contributed by atoms with van der Waals surface area (Å²) in [5.74, 6) is 0.876. The Kier molecular flexibility index (Phi) is 2.13. The highest BCUT2D eigenvalue weighted by atomic mass is 16.5. The second kappa shape index (κ2) is 3.00. The number of hydrogen-bond acceptors (Lipinski definition) is 2. The summed E-state index contributed by atoms with van der Waals surface area (Å²) in [5.41, 5.74) is 6.35. The van der Waals surface area contributed by atoms with Crippen molar-refractivity contribution < 1.29 is 4.74 Å². The first-order valence-electron chi connectivity index (χ1n) is 5.10. The molecule has 1 heterocycles. The monoisotopic (exact) mass is 169 g/mol. The topological polar surface area (TPSA) is 35.2 Å². The van der Waals surface area contributed by atoms with Crippen molar-refractivity contribution >= 4 is 0 Å². The third-order valence-electron chi connectivity index (χ3n) is 3.57. The van der Waals surface area contributed by atoms with Crippen molar-refractivity contribution in [2.24, 2.45) is 17.1 Å². The SMILES string of the molecule is CCCC1(C2CC(N)C2)COC1. The first-order chi connectivity index (χ1) is 5.77. The van der Waals surface area contributed by atoms with E-state index in [0.29, 0.717) is 11.5 Å². The van der Waals surface area contributed by atoms with E-state index in [1.807, 2.05) is 0 Å². The molecule has 0 aromatic heterocycles. The number of nitrogens with two attached hydrogens (primary N) is 1. The van der Waals surface area contributed by atoms with Crippen molar-refractivity contribution in [3.8, 4) is 0 Å². The van der Waals surface area contributed by atoms with Gasteiger partial charge in [0.1, 0.15) is 0 Å². The van der Waals surface area contributed by atoms with Gasteiger partial charge in [-0.05, 0) is 25.2 Å². The van der Waals surface area contributed by atoms with Gasteiger partial charge in [0.25, 0.3) is 0 Å². The molecule has 1 aliphatic carbocycles. The lowest BCUT2D eigenvalue weighted by atomic mass is 9.60. The summed E-state index contributed by atoms with van der Waals surface area (Å²) in [6.07, 6.45) is 5.10. The lowest BCUT2D eigenvalue weighted by molar-refractivity contribution is -0.169. The van der Waals surface area contributed by atoms with Crippen LogP contribution in [0.5, 0.6) is 0 Å². The molecule has 0 spiro atoms. The third kappa shape index (κ3) is 1.17. The van der Waals surface area contributed by atoms with E-state index in [4.69, 9.17) is 10.5 Å². The van der Waals surface area contributed by atoms with Crippen LogP contribution in [-0.2, 0) is 4.74 Å². The quantitative estimate of drug-likeness (QED) is 0.695. The first-order valence-corrected chi connectivity index (χ1v) is 5.10. The summed E-state index contributed by atoms with van der Waals surface area (Å²) in [6, 6.07) is 0.490. The molecule has 0 bridgehead atoms. The molecule has 0 aromatic carbocycles. The minimum Gasteiger partial charge on any atom is -0.380 e. The molecule has 2 heteroatoms. The summed E-state index contributed by atoms with van der Waals surface area (Å²) >= 11 is 0. The smallest absolute Gasteiger partial charge is 0.0547 e. The maximum atomic E-state index is 5.80. The van der Waals surface area contributed by atoms with Crippen molar-refractivity contribution in [2.75, 3.05) is 13.2 Å². The molecular weight excluding hydrogens is 150 g/mol. The van der Waals surface area contributed by atoms with Gasteiger partial charge in [-0.25, -0.2) is 0 Å². The summed E-state index contributed by atoms with van der Waals surface area (Å²) < 4.78 is 5.34. The molecule has 0 unspecified atom stereocenters. The largest absolute Gasteiger partial charge is 0.380 e. The Morgan fingerprint density at radius 1 is 1.42 bits per heavy atom. The van der Waals surface area contributed by atoms with E-state index in [1.165, 1.54) is 25.7 Å². The van der Waals surface area contributed by atoms with E-state index in [1.54, 1.807) is 0 Å². The molecule has 0 radical (unpaired) electrons. The molecule has 1 aliphatic heterocycles. The van der Waals surface area contributed by atoms with Crippen LogP contribution in [0.1, 0.15) is 32.6 Å². The van der Waals surface area contributed by atoms with Crippen molar-refractivity contribution in [3.63, 3.8) is 0 Å². The summed E-state index contributed by atoms with van der Waals surface area (Å²) in [4.78, 5) is 0. The molecule has 2 N–H and O–H groups in total. The highest BCUT2D eigenvalue weighted by molar-refractivity contribution is 4.99. The van der Waals surface area contributed by atoms with Crippen LogP contribution in [0.3, 0.4) is 0 Å². The van der Waals surface area contributed by atoms with Crippen LogP contribution < -0.4 is 5.73 Å². The molecule has 2 fully saturated rings. The van der Waals surface area contributed by atoms with E-state index in [9.17, 15) is 0 Å². The Labute approximate surface area is 74.5 Å². The Morgan fingerprint density at radius 2 is 2.08 bits per heavy atom. The molecule has 1 saturated carbocycles. The van der Waals surface area contributed by atoms with E-state index in [-0.39, 0.29) is 0 Å². The van der Waals surface area contributed by atoms with Crippen LogP contribution in [0.15, 0.2) is 0 Å². The van der Waals surface area contributed by atoms with Gasteiger partial charge in [0.15, 0.2) is 0 Å². The second-order valence-electron chi connectivity index (χ2n) is 4.53. The van der Waals surface area contributed by atoms with Gasteiger partial charge < -0.3 is 10.5 Å². The maximum absolute atomic E-state index is 5.80. The first kappa shape index (κ1) is 8.52. The predicted octanol–water partition coefficient (Wildman–Crippen LogP) is 1.54. The molecule has 70 valence electrons. The van der Waals surface area contributed by atoms with Crippen LogP contribution in [0.2, 0.25) is 0 Å². The van der Waals surface area contributed by atoms with Gasteiger partial charge in [-0.3, -0.25) is 0 Å². The minimum atomic E-state index is 0.490. The Morgan fingerprint density at radius 3 is 2.42 bits per heavy atom. The molecular formula is C10H19NO. The van der Waals surface area contributed by atoms with Gasteiger partial charge in [0, 0.05) is 11.5 Å². The number of ether oxygens (including phenoxy) is 1. The van der Waals surface area contributed by atoms with E-state index in [0.717, 1.165) is 19.1 Å². The molecule has 2 rings (SSSR count). The van der Waals surface area contributed by atoms with Gasteiger partial charge >= 0.3 is 0 Å². The van der Waals surface area contributed by atoms with Crippen LogP contribution in [0.4, 0.5) is 0 Å². The van der Waals surface area contributed by atoms with Gasteiger partial charge in [-0.15, -0.1) is 0 Å². The Hall–Kier alpha value is -0.0800. The van der Waals surface area contributed by atoms with Crippen LogP contribution in [0.25, 0.3) is 0 Å². The van der Waals surface area contributed by atoms with E-state index >= 15 is 0 Å². The van der Waals surface area contributed by atoms with E-state index in [2.05, 4.69) is 6.92 Å². The average Bonchev–Trinajstić information content (AvgIpc) is 1.91. The zero-order chi connectivity index (χ0) is 8.60. The minimum absolute atomic E-state index is 0.490. The number of rotatable bonds is 3. The average molecular weight is 169 g/mol. The van der Waals surface area contributed by atoms with Crippen molar-refractivity contribution in [2.45, 2.75) is 38.6 Å². The zero-order valence-electron chi connectivity index (χ0n) is 7.88. The molecule has 0 atom stereocenters. The van der Waals surface area contributed by atoms with Crippen LogP contribution in [-0.4, -0.2) is 19.3 Å². The summed E-state index contributed by atoms with van der Waals surface area (Å²) in [6.45, 7) is 4.26. The molecule has 1 saturated heterocycles. The third-order valence-corrected chi connectivity index (χ3v) is 3.57. The van der Waals surface area contributed by atoms with Crippen molar-refractivity contribution in [1.82, 2.24) is 0 Å². The van der Waals surface area contributed by atoms with Crippen molar-refractivity contribution in [1.29, 1.82) is 0 Å². The van der Waals surface area contributed by atoms with Gasteiger partial charge in [-0.1, -0.05) is 13.3 Å². The predicted molar refractivity (Wildman–Crippen MR) is 48.9 cm³/mol. The molecule has 0 amide bonds. The fraction of sp³-hybridized carbons (Fsp3) is 1.00. The normalized spacial score (nSPS) is 38.5. The van der Waals surface area contributed by atoms with Gasteiger partial charge in [-0.2, -0.15) is 0 Å². The van der Waals surface area contributed by atoms with Gasteiger partial charge in [0.2, 0.25) is 0 Å². The van der Waals surface area contributed by atoms with E-state index < -0.39 is 0 Å². The molecule has 12 heavy (non-hydrogen) atoms. The van der Waals surface area contributed by atoms with Crippen LogP contribution in [0, 0.1) is 11.3 Å². The maximum Gasteiger partial charge on any atom is 0.0547 e. The zero-order valence-corrected chi connectivity index (χ0v) is 7.88. The standard InChI is InChI=1S/C10H19NO/c1-2-3-10(6-12-7-10)8-4-9(11)5-8/h8-9H,2-7,11H2,1H3. The second-order valence-corrected chi connectivity index (χ2v) is 4.53. The fourth-order valence-electron chi connectivity index (χ4n) is 2.61. The number of hydrogen-bond donors (Lipinski definition) is 1. The molecule has 0 aromatic rings. The highest BCUT2D eigenvalue weighted by Gasteiger charge is 2.48.